The molecule has 0 N–H and O–H groups in total. The van der Waals surface area contributed by atoms with Crippen LogP contribution in [0.4, 0.5) is 5.69 Å². The molecule has 7 heteroatoms. The Labute approximate surface area is 140 Å². The first-order chi connectivity index (χ1) is 11.4. The van der Waals surface area contributed by atoms with Gasteiger partial charge in [-0.05, 0) is 51.5 Å². The molecule has 7 nitrogen and oxygen atoms in total. The fraction of sp³-hybridized carbons (Fsp3) is 0.353. The summed E-state index contributed by atoms with van der Waals surface area (Å²) >= 11 is 0. The van der Waals surface area contributed by atoms with E-state index in [0.717, 1.165) is 5.56 Å². The van der Waals surface area contributed by atoms with Gasteiger partial charge in [0, 0.05) is 0 Å². The molecule has 0 saturated heterocycles. The fourth-order valence-corrected chi connectivity index (χ4v) is 2.13. The summed E-state index contributed by atoms with van der Waals surface area (Å²) in [5.74, 6) is 1.39. The van der Waals surface area contributed by atoms with E-state index in [4.69, 9.17) is 14.0 Å². The Morgan fingerprint density at radius 2 is 2.08 bits per heavy atom. The number of ether oxygens (including phenoxy) is 2. The molecule has 0 radical (unpaired) electrons. The lowest BCUT2D eigenvalue weighted by Gasteiger charge is -2.14. The highest BCUT2D eigenvalue weighted by Crippen LogP contribution is 2.31. The molecule has 128 valence electrons. The SMILES string of the molecule is CCOc1cc(/C=C\c2onc(C)c2[N+](=O)[O-])ccc1OC(C)C. The third-order valence-corrected chi connectivity index (χ3v) is 3.10. The van der Waals surface area contributed by atoms with E-state index in [1.165, 1.54) is 13.0 Å². The van der Waals surface area contributed by atoms with Crippen LogP contribution in [-0.2, 0) is 0 Å². The van der Waals surface area contributed by atoms with Gasteiger partial charge in [-0.25, -0.2) is 0 Å². The Morgan fingerprint density at radius 3 is 2.71 bits per heavy atom. The Morgan fingerprint density at radius 1 is 1.33 bits per heavy atom. The van der Waals surface area contributed by atoms with Gasteiger partial charge in [-0.1, -0.05) is 17.3 Å². The van der Waals surface area contributed by atoms with Crippen LogP contribution in [0.25, 0.3) is 12.2 Å². The summed E-state index contributed by atoms with van der Waals surface area (Å²) < 4.78 is 16.3. The van der Waals surface area contributed by atoms with Gasteiger partial charge in [0.25, 0.3) is 0 Å². The van der Waals surface area contributed by atoms with E-state index >= 15 is 0 Å². The predicted octanol–water partition coefficient (Wildman–Crippen LogP) is 4.25. The number of nitro groups is 1. The highest BCUT2D eigenvalue weighted by Gasteiger charge is 2.21. The van der Waals surface area contributed by atoms with Gasteiger partial charge in [0.2, 0.25) is 5.76 Å². The molecule has 2 aromatic rings. The molecule has 0 aliphatic rings. The summed E-state index contributed by atoms with van der Waals surface area (Å²) in [6.45, 7) is 7.81. The van der Waals surface area contributed by atoms with Crippen molar-refractivity contribution >= 4 is 17.8 Å². The molecule has 2 rings (SSSR count). The van der Waals surface area contributed by atoms with Gasteiger partial charge >= 0.3 is 5.69 Å². The van der Waals surface area contributed by atoms with Crippen molar-refractivity contribution in [3.05, 3.63) is 45.3 Å². The normalized spacial score (nSPS) is 11.2. The minimum absolute atomic E-state index is 0.0328. The third kappa shape index (κ3) is 4.13. The summed E-state index contributed by atoms with van der Waals surface area (Å²) in [7, 11) is 0. The lowest BCUT2D eigenvalue weighted by atomic mass is 10.1. The van der Waals surface area contributed by atoms with E-state index < -0.39 is 4.92 Å². The second-order valence-corrected chi connectivity index (χ2v) is 5.38. The molecule has 1 aromatic carbocycles. The quantitative estimate of drug-likeness (QED) is 0.556. The van der Waals surface area contributed by atoms with Gasteiger partial charge in [-0.15, -0.1) is 0 Å². The highest BCUT2D eigenvalue weighted by atomic mass is 16.6. The summed E-state index contributed by atoms with van der Waals surface area (Å²) in [5.41, 5.74) is 0.921. The first kappa shape index (κ1) is 17.5. The number of benzene rings is 1. The zero-order valence-electron chi connectivity index (χ0n) is 14.1. The summed E-state index contributed by atoms with van der Waals surface area (Å²) in [6, 6.07) is 5.46. The van der Waals surface area contributed by atoms with Crippen LogP contribution in [0.5, 0.6) is 11.5 Å². The van der Waals surface area contributed by atoms with Gasteiger partial charge in [0.05, 0.1) is 17.6 Å². The van der Waals surface area contributed by atoms with Gasteiger partial charge < -0.3 is 14.0 Å². The Balaban J connectivity index is 2.29. The molecule has 0 spiro atoms. The molecule has 0 aliphatic heterocycles. The minimum atomic E-state index is -0.503. The van der Waals surface area contributed by atoms with Gasteiger partial charge in [-0.3, -0.25) is 10.1 Å². The lowest BCUT2D eigenvalue weighted by Crippen LogP contribution is -2.07. The third-order valence-electron chi connectivity index (χ3n) is 3.10. The standard InChI is InChI=1S/C17H20N2O5/c1-5-22-16-10-13(6-8-14(16)23-11(2)3)7-9-15-17(19(20)21)12(4)18-24-15/h6-11H,5H2,1-4H3/b9-7-. The summed E-state index contributed by atoms with van der Waals surface area (Å²) in [5, 5.41) is 14.7. The molecule has 1 aromatic heterocycles. The maximum atomic E-state index is 11.0. The van der Waals surface area contributed by atoms with Crippen LogP contribution in [0.1, 0.15) is 37.8 Å². The van der Waals surface area contributed by atoms with Crippen LogP contribution >= 0.6 is 0 Å². The number of rotatable bonds is 7. The topological polar surface area (TPSA) is 87.6 Å². The van der Waals surface area contributed by atoms with Crippen molar-refractivity contribution in [2.75, 3.05) is 6.61 Å². The zero-order chi connectivity index (χ0) is 17.7. The van der Waals surface area contributed by atoms with Crippen LogP contribution in [0, 0.1) is 17.0 Å². The smallest absolute Gasteiger partial charge is 0.338 e. The Bertz CT molecular complexity index is 749. The van der Waals surface area contributed by atoms with Crippen molar-refractivity contribution in [2.24, 2.45) is 0 Å². The van der Waals surface area contributed by atoms with Gasteiger partial charge in [0.1, 0.15) is 0 Å². The molecule has 0 amide bonds. The predicted molar refractivity (Wildman–Crippen MR) is 90.2 cm³/mol. The number of hydrogen-bond acceptors (Lipinski definition) is 6. The van der Waals surface area contributed by atoms with E-state index in [2.05, 4.69) is 5.16 Å². The number of hydrogen-bond donors (Lipinski definition) is 0. The molecule has 0 unspecified atom stereocenters. The maximum Gasteiger partial charge on any atom is 0.338 e. The van der Waals surface area contributed by atoms with Crippen molar-refractivity contribution in [2.45, 2.75) is 33.8 Å². The molecular weight excluding hydrogens is 312 g/mol. The average molecular weight is 332 g/mol. The average Bonchev–Trinajstić information content (AvgIpc) is 2.88. The molecule has 0 bridgehead atoms. The maximum absolute atomic E-state index is 11.0. The Hall–Kier alpha value is -2.83. The van der Waals surface area contributed by atoms with E-state index in [1.54, 1.807) is 6.08 Å². The summed E-state index contributed by atoms with van der Waals surface area (Å²) in [6.07, 6.45) is 3.26. The molecule has 1 heterocycles. The molecule has 0 atom stereocenters. The van der Waals surface area contributed by atoms with Crippen molar-refractivity contribution in [3.8, 4) is 11.5 Å². The fourth-order valence-electron chi connectivity index (χ4n) is 2.13. The van der Waals surface area contributed by atoms with E-state index in [9.17, 15) is 10.1 Å². The van der Waals surface area contributed by atoms with Crippen molar-refractivity contribution in [3.63, 3.8) is 0 Å². The van der Waals surface area contributed by atoms with Crippen LogP contribution in [0.15, 0.2) is 22.7 Å². The van der Waals surface area contributed by atoms with Crippen molar-refractivity contribution < 1.29 is 18.9 Å². The minimum Gasteiger partial charge on any atom is -0.490 e. The molecule has 0 saturated carbocycles. The molecule has 0 aliphatic carbocycles. The number of aromatic nitrogens is 1. The molecule has 24 heavy (non-hydrogen) atoms. The van der Waals surface area contributed by atoms with Crippen molar-refractivity contribution in [1.29, 1.82) is 0 Å². The monoisotopic (exact) mass is 332 g/mol. The van der Waals surface area contributed by atoms with Crippen LogP contribution < -0.4 is 9.47 Å². The molecular formula is C17H20N2O5. The zero-order valence-corrected chi connectivity index (χ0v) is 14.1. The van der Waals surface area contributed by atoms with Gasteiger partial charge in [0.15, 0.2) is 17.2 Å². The number of aryl methyl sites for hydroxylation is 1. The highest BCUT2D eigenvalue weighted by molar-refractivity contribution is 5.72. The van der Waals surface area contributed by atoms with E-state index in [0.29, 0.717) is 18.1 Å². The van der Waals surface area contributed by atoms with E-state index in [1.807, 2.05) is 39.0 Å². The summed E-state index contributed by atoms with van der Waals surface area (Å²) in [4.78, 5) is 10.5. The lowest BCUT2D eigenvalue weighted by molar-refractivity contribution is -0.386. The van der Waals surface area contributed by atoms with Crippen molar-refractivity contribution in [1.82, 2.24) is 5.16 Å². The second kappa shape index (κ2) is 7.63. The molecule has 0 fully saturated rings. The Kier molecular flexibility index (Phi) is 5.57. The first-order valence-corrected chi connectivity index (χ1v) is 7.64. The largest absolute Gasteiger partial charge is 0.490 e. The van der Waals surface area contributed by atoms with Gasteiger partial charge in [-0.2, -0.15) is 0 Å². The van der Waals surface area contributed by atoms with E-state index in [-0.39, 0.29) is 23.2 Å². The first-order valence-electron chi connectivity index (χ1n) is 7.64. The number of nitrogens with zero attached hydrogens (tertiary/aromatic N) is 2. The second-order valence-electron chi connectivity index (χ2n) is 5.38. The van der Waals surface area contributed by atoms with Crippen LogP contribution in [0.2, 0.25) is 0 Å². The van der Waals surface area contributed by atoms with Crippen LogP contribution in [-0.4, -0.2) is 22.8 Å². The van der Waals surface area contributed by atoms with Crippen LogP contribution in [0.3, 0.4) is 0 Å².